The predicted molar refractivity (Wildman–Crippen MR) is 78.0 cm³/mol. The van der Waals surface area contributed by atoms with Crippen molar-refractivity contribution in [3.05, 3.63) is 58.7 Å². The number of methoxy groups -OCH3 is 1. The zero-order valence-electron chi connectivity index (χ0n) is 11.9. The van der Waals surface area contributed by atoms with Crippen molar-refractivity contribution in [2.45, 2.75) is 20.5 Å². The van der Waals surface area contributed by atoms with Gasteiger partial charge < -0.3 is 9.47 Å². The third-order valence-electron chi connectivity index (χ3n) is 3.18. The van der Waals surface area contributed by atoms with Gasteiger partial charge in [0.05, 0.1) is 12.7 Å². The molecule has 0 amide bonds. The molecule has 0 N–H and O–H groups in total. The molecule has 0 spiro atoms. The highest BCUT2D eigenvalue weighted by atomic mass is 16.5. The minimum Gasteiger partial charge on any atom is -0.495 e. The molecule has 0 aliphatic heterocycles. The highest BCUT2D eigenvalue weighted by molar-refractivity contribution is 5.45. The van der Waals surface area contributed by atoms with Crippen molar-refractivity contribution in [3.63, 3.8) is 0 Å². The molecule has 20 heavy (non-hydrogen) atoms. The second-order valence-electron chi connectivity index (χ2n) is 4.66. The van der Waals surface area contributed by atoms with Crippen LogP contribution < -0.4 is 9.47 Å². The monoisotopic (exact) mass is 267 g/mol. The number of hydrogen-bond donors (Lipinski definition) is 0. The molecule has 0 aromatic heterocycles. The van der Waals surface area contributed by atoms with Gasteiger partial charge in [-0.05, 0) is 42.7 Å². The van der Waals surface area contributed by atoms with Crippen LogP contribution in [-0.4, -0.2) is 7.11 Å². The Morgan fingerprint density at radius 2 is 1.80 bits per heavy atom. The largest absolute Gasteiger partial charge is 0.495 e. The summed E-state index contributed by atoms with van der Waals surface area (Å²) in [5.74, 6) is 1.49. The number of benzene rings is 2. The highest BCUT2D eigenvalue weighted by Gasteiger charge is 2.06. The summed E-state index contributed by atoms with van der Waals surface area (Å²) < 4.78 is 11.0. The van der Waals surface area contributed by atoms with Crippen molar-refractivity contribution in [1.82, 2.24) is 0 Å². The number of hydrogen-bond acceptors (Lipinski definition) is 3. The molecule has 0 heterocycles. The molecule has 2 aromatic rings. The van der Waals surface area contributed by atoms with Gasteiger partial charge in [-0.25, -0.2) is 0 Å². The van der Waals surface area contributed by atoms with Crippen LogP contribution in [0.2, 0.25) is 0 Å². The Morgan fingerprint density at radius 3 is 2.40 bits per heavy atom. The van der Waals surface area contributed by atoms with Gasteiger partial charge in [0.1, 0.15) is 24.2 Å². The van der Waals surface area contributed by atoms with E-state index >= 15 is 0 Å². The summed E-state index contributed by atoms with van der Waals surface area (Å²) in [6, 6.07) is 13.7. The highest BCUT2D eigenvalue weighted by Crippen LogP contribution is 2.24. The van der Waals surface area contributed by atoms with Gasteiger partial charge in [0.25, 0.3) is 0 Å². The van der Waals surface area contributed by atoms with Crippen molar-refractivity contribution in [2.24, 2.45) is 0 Å². The van der Waals surface area contributed by atoms with Crippen LogP contribution in [0.25, 0.3) is 0 Å². The SMILES string of the molecule is COc1ccc(COc2c(C)cccc2C)cc1C#N. The van der Waals surface area contributed by atoms with Crippen LogP contribution in [0.15, 0.2) is 36.4 Å². The fourth-order valence-electron chi connectivity index (χ4n) is 2.11. The molecule has 0 saturated carbocycles. The first-order valence-corrected chi connectivity index (χ1v) is 6.41. The number of aryl methyl sites for hydroxylation is 2. The second kappa shape index (κ2) is 6.12. The van der Waals surface area contributed by atoms with E-state index in [2.05, 4.69) is 6.07 Å². The predicted octanol–water partition coefficient (Wildman–Crippen LogP) is 3.76. The topological polar surface area (TPSA) is 42.2 Å². The zero-order valence-corrected chi connectivity index (χ0v) is 11.9. The normalized spacial score (nSPS) is 9.90. The van der Waals surface area contributed by atoms with E-state index in [0.29, 0.717) is 17.9 Å². The minimum absolute atomic E-state index is 0.435. The smallest absolute Gasteiger partial charge is 0.136 e. The maximum absolute atomic E-state index is 9.08. The van der Waals surface area contributed by atoms with Crippen molar-refractivity contribution in [1.29, 1.82) is 5.26 Å². The average Bonchev–Trinajstić information content (AvgIpc) is 2.46. The maximum Gasteiger partial charge on any atom is 0.136 e. The molecule has 2 aromatic carbocycles. The van der Waals surface area contributed by atoms with Crippen molar-refractivity contribution >= 4 is 0 Å². The molecule has 3 heteroatoms. The number of rotatable bonds is 4. The van der Waals surface area contributed by atoms with Crippen LogP contribution in [-0.2, 0) is 6.61 Å². The summed E-state index contributed by atoms with van der Waals surface area (Å²) in [7, 11) is 1.56. The van der Waals surface area contributed by atoms with Gasteiger partial charge in [-0.3, -0.25) is 0 Å². The standard InChI is InChI=1S/C17H17NO2/c1-12-5-4-6-13(2)17(12)20-11-14-7-8-16(19-3)15(9-14)10-18/h4-9H,11H2,1-3H3. The van der Waals surface area contributed by atoms with Crippen molar-refractivity contribution in [2.75, 3.05) is 7.11 Å². The van der Waals surface area contributed by atoms with Gasteiger partial charge in [-0.15, -0.1) is 0 Å². The Hall–Kier alpha value is -2.47. The molecular weight excluding hydrogens is 250 g/mol. The lowest BCUT2D eigenvalue weighted by Gasteiger charge is -2.12. The molecule has 0 aliphatic carbocycles. The maximum atomic E-state index is 9.08. The lowest BCUT2D eigenvalue weighted by atomic mass is 10.1. The molecular formula is C17H17NO2. The van der Waals surface area contributed by atoms with E-state index in [1.54, 1.807) is 19.2 Å². The van der Waals surface area contributed by atoms with Crippen LogP contribution in [0.1, 0.15) is 22.3 Å². The summed E-state index contributed by atoms with van der Waals surface area (Å²) in [4.78, 5) is 0. The quantitative estimate of drug-likeness (QED) is 0.847. The van der Waals surface area contributed by atoms with E-state index in [4.69, 9.17) is 14.7 Å². The molecule has 0 saturated heterocycles. The van der Waals surface area contributed by atoms with Crippen LogP contribution in [0, 0.1) is 25.2 Å². The molecule has 0 bridgehead atoms. The fourth-order valence-corrected chi connectivity index (χ4v) is 2.11. The van der Waals surface area contributed by atoms with E-state index in [9.17, 15) is 0 Å². The van der Waals surface area contributed by atoms with Crippen LogP contribution in [0.3, 0.4) is 0 Å². The van der Waals surface area contributed by atoms with E-state index in [1.807, 2.05) is 38.1 Å². The molecule has 0 radical (unpaired) electrons. The van der Waals surface area contributed by atoms with Crippen LogP contribution in [0.5, 0.6) is 11.5 Å². The Morgan fingerprint density at radius 1 is 1.10 bits per heavy atom. The minimum atomic E-state index is 0.435. The first kappa shape index (κ1) is 14.0. The zero-order chi connectivity index (χ0) is 14.5. The Kier molecular flexibility index (Phi) is 4.27. The van der Waals surface area contributed by atoms with Gasteiger partial charge >= 0.3 is 0 Å². The Labute approximate surface area is 119 Å². The van der Waals surface area contributed by atoms with Gasteiger partial charge in [0, 0.05) is 0 Å². The molecule has 102 valence electrons. The van der Waals surface area contributed by atoms with Crippen molar-refractivity contribution in [3.8, 4) is 17.6 Å². The molecule has 0 aliphatic rings. The lowest BCUT2D eigenvalue weighted by Crippen LogP contribution is -2.00. The average molecular weight is 267 g/mol. The van der Waals surface area contributed by atoms with Crippen LogP contribution >= 0.6 is 0 Å². The van der Waals surface area contributed by atoms with Crippen molar-refractivity contribution < 1.29 is 9.47 Å². The van der Waals surface area contributed by atoms with E-state index in [0.717, 1.165) is 22.4 Å². The summed E-state index contributed by atoms with van der Waals surface area (Å²) in [6.45, 7) is 4.48. The summed E-state index contributed by atoms with van der Waals surface area (Å²) in [5, 5.41) is 9.08. The third kappa shape index (κ3) is 2.92. The molecule has 0 atom stereocenters. The molecule has 0 unspecified atom stereocenters. The number of ether oxygens (including phenoxy) is 2. The first-order chi connectivity index (χ1) is 9.65. The third-order valence-corrected chi connectivity index (χ3v) is 3.18. The molecule has 0 fully saturated rings. The second-order valence-corrected chi connectivity index (χ2v) is 4.66. The number of nitrogens with zero attached hydrogens (tertiary/aromatic N) is 1. The Balaban J connectivity index is 2.18. The summed E-state index contributed by atoms with van der Waals surface area (Å²) in [6.07, 6.45) is 0. The molecule has 3 nitrogen and oxygen atoms in total. The number of nitriles is 1. The first-order valence-electron chi connectivity index (χ1n) is 6.41. The van der Waals surface area contributed by atoms with Gasteiger partial charge in [-0.2, -0.15) is 5.26 Å². The van der Waals surface area contributed by atoms with Crippen LogP contribution in [0.4, 0.5) is 0 Å². The van der Waals surface area contributed by atoms with E-state index in [-0.39, 0.29) is 0 Å². The van der Waals surface area contributed by atoms with Gasteiger partial charge in [-0.1, -0.05) is 24.3 Å². The fraction of sp³-hybridized carbons (Fsp3) is 0.235. The summed E-state index contributed by atoms with van der Waals surface area (Å²) in [5.41, 5.74) is 3.69. The van der Waals surface area contributed by atoms with E-state index in [1.165, 1.54) is 0 Å². The van der Waals surface area contributed by atoms with Gasteiger partial charge in [0.2, 0.25) is 0 Å². The number of para-hydroxylation sites is 1. The molecule has 2 rings (SSSR count). The lowest BCUT2D eigenvalue weighted by molar-refractivity contribution is 0.301. The van der Waals surface area contributed by atoms with Gasteiger partial charge in [0.15, 0.2) is 0 Å². The summed E-state index contributed by atoms with van der Waals surface area (Å²) >= 11 is 0. The Bertz CT molecular complexity index is 636. The van der Waals surface area contributed by atoms with E-state index < -0.39 is 0 Å².